The highest BCUT2D eigenvalue weighted by Crippen LogP contribution is 2.23. The van der Waals surface area contributed by atoms with Crippen molar-refractivity contribution in [1.82, 2.24) is 10.6 Å². The van der Waals surface area contributed by atoms with Gasteiger partial charge in [0.25, 0.3) is 0 Å². The summed E-state index contributed by atoms with van der Waals surface area (Å²) in [6.07, 6.45) is 1.22. The molecule has 0 fully saturated rings. The molecule has 1 aromatic carbocycles. The Morgan fingerprint density at radius 2 is 1.94 bits per heavy atom. The maximum absolute atomic E-state index is 11.2. The zero-order chi connectivity index (χ0) is 11.5. The van der Waals surface area contributed by atoms with Gasteiger partial charge in [0.15, 0.2) is 0 Å². The second-order valence-electron chi connectivity index (χ2n) is 3.37. The molecule has 0 radical (unpaired) electrons. The second-order valence-corrected chi connectivity index (χ2v) is 3.37. The zero-order valence-corrected chi connectivity index (χ0v) is 8.31. The van der Waals surface area contributed by atoms with Gasteiger partial charge in [-0.05, 0) is 5.56 Å². The number of rotatable bonds is 2. The average molecular weight is 218 g/mol. The Morgan fingerprint density at radius 3 is 2.56 bits per heavy atom. The van der Waals surface area contributed by atoms with Gasteiger partial charge < -0.3 is 15.7 Å². The van der Waals surface area contributed by atoms with E-state index in [-0.39, 0.29) is 5.57 Å². The molecular weight excluding hydrogens is 208 g/mol. The van der Waals surface area contributed by atoms with Gasteiger partial charge >= 0.3 is 12.0 Å². The third-order valence-corrected chi connectivity index (χ3v) is 2.33. The summed E-state index contributed by atoms with van der Waals surface area (Å²) >= 11 is 0. The predicted octanol–water partition coefficient (Wildman–Crippen LogP) is 1.01. The van der Waals surface area contributed by atoms with Crippen LogP contribution in [0.2, 0.25) is 0 Å². The number of hydrogen-bond acceptors (Lipinski definition) is 2. The molecule has 1 aromatic rings. The third kappa shape index (κ3) is 1.88. The third-order valence-electron chi connectivity index (χ3n) is 2.33. The van der Waals surface area contributed by atoms with E-state index >= 15 is 0 Å². The molecule has 2 amide bonds. The van der Waals surface area contributed by atoms with Crippen LogP contribution in [-0.2, 0) is 4.79 Å². The van der Waals surface area contributed by atoms with Crippen molar-refractivity contribution >= 4 is 12.0 Å². The van der Waals surface area contributed by atoms with Gasteiger partial charge in [0.05, 0.1) is 11.6 Å². The number of aliphatic carboxylic acids is 1. The summed E-state index contributed by atoms with van der Waals surface area (Å²) in [5, 5.41) is 13.9. The molecule has 2 rings (SSSR count). The molecular formula is C11H10N2O3. The largest absolute Gasteiger partial charge is 0.478 e. The number of carbonyl (C=O) groups excluding carboxylic acids is 1. The summed E-state index contributed by atoms with van der Waals surface area (Å²) < 4.78 is 0. The lowest BCUT2D eigenvalue weighted by Gasteiger charge is -2.23. The minimum absolute atomic E-state index is 0.116. The molecule has 0 saturated carbocycles. The molecule has 3 N–H and O–H groups in total. The van der Waals surface area contributed by atoms with E-state index in [0.29, 0.717) is 0 Å². The highest BCUT2D eigenvalue weighted by Gasteiger charge is 2.27. The number of carboxylic acids is 1. The molecule has 5 nitrogen and oxygen atoms in total. The van der Waals surface area contributed by atoms with E-state index in [4.69, 9.17) is 5.11 Å². The van der Waals surface area contributed by atoms with Crippen LogP contribution in [0.3, 0.4) is 0 Å². The molecule has 1 atom stereocenters. The van der Waals surface area contributed by atoms with Crippen molar-refractivity contribution in [3.63, 3.8) is 0 Å². The number of hydrogen-bond donors (Lipinski definition) is 3. The number of amides is 2. The molecule has 0 aliphatic carbocycles. The van der Waals surface area contributed by atoms with Crippen molar-refractivity contribution < 1.29 is 14.7 Å². The topological polar surface area (TPSA) is 78.4 Å². The number of benzene rings is 1. The van der Waals surface area contributed by atoms with Crippen LogP contribution in [0, 0.1) is 0 Å². The Morgan fingerprint density at radius 1 is 1.25 bits per heavy atom. The summed E-state index contributed by atoms with van der Waals surface area (Å²) in [5.74, 6) is -1.05. The quantitative estimate of drug-likeness (QED) is 0.693. The molecule has 0 saturated heterocycles. The van der Waals surface area contributed by atoms with Gasteiger partial charge in [-0.1, -0.05) is 30.3 Å². The van der Waals surface area contributed by atoms with Gasteiger partial charge in [-0.15, -0.1) is 0 Å². The van der Waals surface area contributed by atoms with Crippen LogP contribution in [0.15, 0.2) is 42.1 Å². The summed E-state index contributed by atoms with van der Waals surface area (Å²) in [5.41, 5.74) is 0.858. The van der Waals surface area contributed by atoms with Gasteiger partial charge in [-0.2, -0.15) is 0 Å². The van der Waals surface area contributed by atoms with Crippen LogP contribution in [-0.4, -0.2) is 17.1 Å². The van der Waals surface area contributed by atoms with E-state index in [1.165, 1.54) is 6.20 Å². The lowest BCUT2D eigenvalue weighted by molar-refractivity contribution is -0.133. The molecule has 1 aliphatic heterocycles. The minimum Gasteiger partial charge on any atom is -0.478 e. The fourth-order valence-corrected chi connectivity index (χ4v) is 1.57. The van der Waals surface area contributed by atoms with Crippen molar-refractivity contribution in [3.05, 3.63) is 47.7 Å². The first kappa shape index (κ1) is 10.2. The highest BCUT2D eigenvalue weighted by atomic mass is 16.4. The number of carboxylic acid groups (broad SMARTS) is 1. The smallest absolute Gasteiger partial charge is 0.335 e. The lowest BCUT2D eigenvalue weighted by atomic mass is 9.98. The maximum atomic E-state index is 11.2. The fraction of sp³-hybridized carbons (Fsp3) is 0.0909. The normalized spacial score (nSPS) is 19.4. The summed E-state index contributed by atoms with van der Waals surface area (Å²) in [7, 11) is 0. The van der Waals surface area contributed by atoms with Gasteiger partial charge in [-0.25, -0.2) is 9.59 Å². The van der Waals surface area contributed by atoms with Crippen LogP contribution in [0.5, 0.6) is 0 Å². The van der Waals surface area contributed by atoms with Crippen molar-refractivity contribution in [2.24, 2.45) is 0 Å². The number of nitrogens with one attached hydrogen (secondary N) is 2. The molecule has 5 heteroatoms. The van der Waals surface area contributed by atoms with Gasteiger partial charge in [0, 0.05) is 6.20 Å². The molecule has 16 heavy (non-hydrogen) atoms. The Labute approximate surface area is 91.8 Å². The first-order chi connectivity index (χ1) is 7.68. The Bertz CT molecular complexity index is 454. The number of urea groups is 1. The Balaban J connectivity index is 2.38. The SMILES string of the molecule is O=C1NC=C(C(=O)O)[C@H](c2ccccc2)N1. The summed E-state index contributed by atoms with van der Waals surface area (Å²) in [6.45, 7) is 0. The van der Waals surface area contributed by atoms with Crippen molar-refractivity contribution in [2.75, 3.05) is 0 Å². The van der Waals surface area contributed by atoms with Crippen molar-refractivity contribution in [1.29, 1.82) is 0 Å². The minimum atomic E-state index is -1.05. The van der Waals surface area contributed by atoms with Crippen LogP contribution < -0.4 is 10.6 Å². The molecule has 82 valence electrons. The van der Waals surface area contributed by atoms with Crippen LogP contribution in [0.25, 0.3) is 0 Å². The predicted molar refractivity (Wildman–Crippen MR) is 56.6 cm³/mol. The van der Waals surface area contributed by atoms with Crippen molar-refractivity contribution in [3.8, 4) is 0 Å². The maximum Gasteiger partial charge on any atom is 0.335 e. The summed E-state index contributed by atoms with van der Waals surface area (Å²) in [6, 6.07) is 7.95. The van der Waals surface area contributed by atoms with E-state index in [1.54, 1.807) is 24.3 Å². The lowest BCUT2D eigenvalue weighted by Crippen LogP contribution is -2.42. The Hall–Kier alpha value is -2.30. The zero-order valence-electron chi connectivity index (χ0n) is 8.31. The van der Waals surface area contributed by atoms with Crippen LogP contribution in [0.1, 0.15) is 11.6 Å². The molecule has 1 heterocycles. The second kappa shape index (κ2) is 4.06. The fourth-order valence-electron chi connectivity index (χ4n) is 1.57. The van der Waals surface area contributed by atoms with E-state index < -0.39 is 18.0 Å². The van der Waals surface area contributed by atoms with Crippen LogP contribution >= 0.6 is 0 Å². The van der Waals surface area contributed by atoms with E-state index in [1.807, 2.05) is 6.07 Å². The molecule has 0 unspecified atom stereocenters. The molecule has 0 aromatic heterocycles. The van der Waals surface area contributed by atoms with E-state index in [2.05, 4.69) is 10.6 Å². The monoisotopic (exact) mass is 218 g/mol. The first-order valence-corrected chi connectivity index (χ1v) is 4.74. The average Bonchev–Trinajstić information content (AvgIpc) is 2.29. The van der Waals surface area contributed by atoms with Gasteiger partial charge in [-0.3, -0.25) is 0 Å². The standard InChI is InChI=1S/C11H10N2O3/c14-10(15)8-6-12-11(16)13-9(8)7-4-2-1-3-5-7/h1-6,9H,(H,14,15)(H2,12,13,16)/t9-/m0/s1. The molecule has 0 spiro atoms. The molecule has 0 bridgehead atoms. The highest BCUT2D eigenvalue weighted by molar-refractivity contribution is 5.92. The van der Waals surface area contributed by atoms with E-state index in [0.717, 1.165) is 5.56 Å². The first-order valence-electron chi connectivity index (χ1n) is 4.74. The van der Waals surface area contributed by atoms with E-state index in [9.17, 15) is 9.59 Å². The summed E-state index contributed by atoms with van der Waals surface area (Å²) in [4.78, 5) is 22.1. The Kier molecular flexibility index (Phi) is 2.59. The number of carbonyl (C=O) groups is 2. The molecule has 1 aliphatic rings. The van der Waals surface area contributed by atoms with Crippen molar-refractivity contribution in [2.45, 2.75) is 6.04 Å². The van der Waals surface area contributed by atoms with Gasteiger partial charge in [0.1, 0.15) is 0 Å². The van der Waals surface area contributed by atoms with Crippen LogP contribution in [0.4, 0.5) is 4.79 Å². The van der Waals surface area contributed by atoms with Gasteiger partial charge in [0.2, 0.25) is 0 Å².